The summed E-state index contributed by atoms with van der Waals surface area (Å²) in [5, 5.41) is 15.8. The number of nitrogens with zero attached hydrogens (tertiary/aromatic N) is 2. The fraction of sp³-hybridized carbons (Fsp3) is 0.533. The first-order valence-electron chi connectivity index (χ1n) is 7.57. The third-order valence-corrected chi connectivity index (χ3v) is 4.19. The summed E-state index contributed by atoms with van der Waals surface area (Å²) >= 11 is 1.16. The molecule has 0 spiro atoms. The van der Waals surface area contributed by atoms with Crippen LogP contribution in [0.4, 0.5) is 0 Å². The summed E-state index contributed by atoms with van der Waals surface area (Å²) in [5.74, 6) is 0.477. The number of amides is 1. The van der Waals surface area contributed by atoms with Gasteiger partial charge in [0.25, 0.3) is 11.1 Å². The molecule has 0 fully saturated rings. The van der Waals surface area contributed by atoms with Crippen molar-refractivity contribution in [1.82, 2.24) is 15.5 Å². The summed E-state index contributed by atoms with van der Waals surface area (Å²) in [6.45, 7) is 4.42. The van der Waals surface area contributed by atoms with E-state index in [1.807, 2.05) is 6.92 Å². The van der Waals surface area contributed by atoms with Gasteiger partial charge in [-0.25, -0.2) is 4.98 Å². The number of hydrogen-bond acceptors (Lipinski definition) is 7. The number of thiazole rings is 1. The maximum absolute atomic E-state index is 11.7. The summed E-state index contributed by atoms with van der Waals surface area (Å²) < 4.78 is 10.9. The molecule has 126 valence electrons. The number of carbonyl (C=O) groups excluding carboxylic acids is 1. The van der Waals surface area contributed by atoms with E-state index < -0.39 is 0 Å². The summed E-state index contributed by atoms with van der Waals surface area (Å²) in [4.78, 5) is 16.3. The van der Waals surface area contributed by atoms with Crippen LogP contribution in [-0.2, 0) is 13.0 Å². The second-order valence-electron chi connectivity index (χ2n) is 5.03. The van der Waals surface area contributed by atoms with E-state index in [0.717, 1.165) is 47.6 Å². The van der Waals surface area contributed by atoms with Gasteiger partial charge in [0.1, 0.15) is 17.2 Å². The molecular formula is C15H21N3O4S. The normalized spacial score (nSPS) is 10.7. The van der Waals surface area contributed by atoms with Crippen molar-refractivity contribution in [3.8, 4) is 5.19 Å². The molecule has 23 heavy (non-hydrogen) atoms. The minimum atomic E-state index is -0.267. The minimum absolute atomic E-state index is 0.0960. The van der Waals surface area contributed by atoms with Crippen molar-refractivity contribution >= 4 is 17.2 Å². The Morgan fingerprint density at radius 1 is 1.52 bits per heavy atom. The van der Waals surface area contributed by atoms with Gasteiger partial charge in [-0.3, -0.25) is 4.79 Å². The third kappa shape index (κ3) is 4.77. The van der Waals surface area contributed by atoms with Gasteiger partial charge in [0.2, 0.25) is 0 Å². The topological polar surface area (TPSA) is 97.5 Å². The van der Waals surface area contributed by atoms with Crippen LogP contribution >= 0.6 is 11.3 Å². The Balaban J connectivity index is 1.95. The first kappa shape index (κ1) is 17.4. The maximum Gasteiger partial charge on any atom is 0.274 e. The number of aliphatic hydroxyl groups is 1. The molecule has 0 atom stereocenters. The molecule has 2 aromatic heterocycles. The van der Waals surface area contributed by atoms with Gasteiger partial charge in [-0.05, 0) is 19.8 Å². The first-order valence-corrected chi connectivity index (χ1v) is 8.39. The highest BCUT2D eigenvalue weighted by atomic mass is 32.1. The molecule has 0 radical (unpaired) electrons. The van der Waals surface area contributed by atoms with Crippen molar-refractivity contribution in [2.75, 3.05) is 13.2 Å². The van der Waals surface area contributed by atoms with E-state index in [1.54, 1.807) is 0 Å². The van der Waals surface area contributed by atoms with Crippen LogP contribution in [0.5, 0.6) is 5.19 Å². The molecule has 0 unspecified atom stereocenters. The summed E-state index contributed by atoms with van der Waals surface area (Å²) in [6, 6.07) is 0. The van der Waals surface area contributed by atoms with Crippen molar-refractivity contribution < 1.29 is 19.2 Å². The summed E-state index contributed by atoms with van der Waals surface area (Å²) in [5.41, 5.74) is 1.86. The number of aliphatic hydroxyl groups excluding tert-OH is 1. The standard InChI is InChI=1S/C15H21N3O4S/c1-3-4-5-12-11(10(2)22-18-12)9-21-15-17-8-13(23-15)14(20)16-6-7-19/h8,19H,3-7,9H2,1-2H3,(H,16,20). The van der Waals surface area contributed by atoms with Gasteiger partial charge in [-0.2, -0.15) is 0 Å². The third-order valence-electron chi connectivity index (χ3n) is 3.28. The molecule has 0 aromatic carbocycles. The predicted octanol–water partition coefficient (Wildman–Crippen LogP) is 2.08. The van der Waals surface area contributed by atoms with Crippen LogP contribution in [0.3, 0.4) is 0 Å². The highest BCUT2D eigenvalue weighted by Crippen LogP contribution is 2.23. The van der Waals surface area contributed by atoms with E-state index in [9.17, 15) is 4.79 Å². The average Bonchev–Trinajstić information content (AvgIpc) is 3.15. The summed E-state index contributed by atoms with van der Waals surface area (Å²) in [6.07, 6.45) is 4.46. The van der Waals surface area contributed by atoms with Gasteiger partial charge in [-0.1, -0.05) is 29.8 Å². The van der Waals surface area contributed by atoms with Gasteiger partial charge in [0.15, 0.2) is 0 Å². The molecule has 2 heterocycles. The molecule has 2 rings (SSSR count). The molecule has 2 N–H and O–H groups in total. The lowest BCUT2D eigenvalue weighted by Crippen LogP contribution is -2.25. The Morgan fingerprint density at radius 2 is 2.35 bits per heavy atom. The molecule has 0 aliphatic carbocycles. The van der Waals surface area contributed by atoms with Crippen molar-refractivity contribution in [2.24, 2.45) is 0 Å². The van der Waals surface area contributed by atoms with Gasteiger partial charge >= 0.3 is 0 Å². The van der Waals surface area contributed by atoms with E-state index in [0.29, 0.717) is 16.7 Å². The highest BCUT2D eigenvalue weighted by molar-refractivity contribution is 7.15. The molecule has 2 aromatic rings. The Hall–Kier alpha value is -1.93. The number of carbonyl (C=O) groups is 1. The Kier molecular flexibility index (Phi) is 6.54. The molecule has 0 aliphatic heterocycles. The zero-order valence-electron chi connectivity index (χ0n) is 13.3. The van der Waals surface area contributed by atoms with E-state index in [1.165, 1.54) is 6.20 Å². The van der Waals surface area contributed by atoms with Gasteiger partial charge < -0.3 is 19.7 Å². The maximum atomic E-state index is 11.7. The quantitative estimate of drug-likeness (QED) is 0.726. The average molecular weight is 339 g/mol. The molecular weight excluding hydrogens is 318 g/mol. The number of aromatic nitrogens is 2. The number of hydrogen-bond donors (Lipinski definition) is 2. The second-order valence-corrected chi connectivity index (χ2v) is 6.02. The largest absolute Gasteiger partial charge is 0.465 e. The first-order chi connectivity index (χ1) is 11.2. The van der Waals surface area contributed by atoms with Crippen molar-refractivity contribution in [3.05, 3.63) is 28.1 Å². The van der Waals surface area contributed by atoms with Crippen LogP contribution in [0.15, 0.2) is 10.7 Å². The van der Waals surface area contributed by atoms with Crippen molar-refractivity contribution in [3.63, 3.8) is 0 Å². The van der Waals surface area contributed by atoms with E-state index in [4.69, 9.17) is 14.4 Å². The number of ether oxygens (including phenoxy) is 1. The molecule has 0 aliphatic rings. The molecule has 8 heteroatoms. The fourth-order valence-electron chi connectivity index (χ4n) is 1.98. The monoisotopic (exact) mass is 339 g/mol. The van der Waals surface area contributed by atoms with Gasteiger partial charge in [0, 0.05) is 6.54 Å². The SMILES string of the molecule is CCCCc1noc(C)c1COc1ncc(C(=O)NCCO)s1. The highest BCUT2D eigenvalue weighted by Gasteiger charge is 2.15. The minimum Gasteiger partial charge on any atom is -0.465 e. The van der Waals surface area contributed by atoms with Crippen LogP contribution in [0.25, 0.3) is 0 Å². The van der Waals surface area contributed by atoms with Gasteiger partial charge in [-0.15, -0.1) is 0 Å². The zero-order chi connectivity index (χ0) is 16.7. The number of rotatable bonds is 9. The molecule has 0 saturated carbocycles. The Bertz CT molecular complexity index is 638. The molecule has 0 saturated heterocycles. The van der Waals surface area contributed by atoms with E-state index in [2.05, 4.69) is 22.4 Å². The van der Waals surface area contributed by atoms with Crippen LogP contribution in [0.2, 0.25) is 0 Å². The smallest absolute Gasteiger partial charge is 0.274 e. The Morgan fingerprint density at radius 3 is 3.09 bits per heavy atom. The van der Waals surface area contributed by atoms with Crippen LogP contribution in [-0.4, -0.2) is 34.3 Å². The lowest BCUT2D eigenvalue weighted by Gasteiger charge is -2.03. The lowest BCUT2D eigenvalue weighted by molar-refractivity contribution is 0.0948. The summed E-state index contributed by atoms with van der Waals surface area (Å²) in [7, 11) is 0. The second kappa shape index (κ2) is 8.64. The molecule has 1 amide bonds. The van der Waals surface area contributed by atoms with Crippen molar-refractivity contribution in [2.45, 2.75) is 39.7 Å². The van der Waals surface area contributed by atoms with Gasteiger partial charge in [0.05, 0.1) is 24.1 Å². The van der Waals surface area contributed by atoms with Crippen LogP contribution in [0, 0.1) is 6.92 Å². The number of nitrogens with one attached hydrogen (secondary N) is 1. The predicted molar refractivity (Wildman–Crippen MR) is 85.7 cm³/mol. The van der Waals surface area contributed by atoms with E-state index in [-0.39, 0.29) is 19.1 Å². The molecule has 0 bridgehead atoms. The number of aryl methyl sites for hydroxylation is 2. The van der Waals surface area contributed by atoms with Crippen LogP contribution in [0.1, 0.15) is 46.5 Å². The van der Waals surface area contributed by atoms with Crippen LogP contribution < -0.4 is 10.1 Å². The lowest BCUT2D eigenvalue weighted by atomic mass is 10.1. The zero-order valence-corrected chi connectivity index (χ0v) is 14.1. The Labute approximate surface area is 138 Å². The van der Waals surface area contributed by atoms with E-state index >= 15 is 0 Å². The molecule has 7 nitrogen and oxygen atoms in total. The van der Waals surface area contributed by atoms with Crippen molar-refractivity contribution in [1.29, 1.82) is 0 Å². The fourth-order valence-corrected chi connectivity index (χ4v) is 2.66. The number of unbranched alkanes of at least 4 members (excludes halogenated alkanes) is 1.